The summed E-state index contributed by atoms with van der Waals surface area (Å²) in [5, 5.41) is 4.00. The highest BCUT2D eigenvalue weighted by atomic mass is 32.2. The normalized spacial score (nSPS) is 10.5. The predicted octanol–water partition coefficient (Wildman–Crippen LogP) is 4.04. The summed E-state index contributed by atoms with van der Waals surface area (Å²) < 4.78 is 5.31. The lowest BCUT2D eigenvalue weighted by Gasteiger charge is -2.18. The van der Waals surface area contributed by atoms with Crippen molar-refractivity contribution in [3.63, 3.8) is 0 Å². The Kier molecular flexibility index (Phi) is 6.22. The van der Waals surface area contributed by atoms with E-state index in [4.69, 9.17) is 4.52 Å². The van der Waals surface area contributed by atoms with Crippen LogP contribution in [0.15, 0.2) is 82.7 Å². The van der Waals surface area contributed by atoms with Gasteiger partial charge < -0.3 is 9.42 Å². The van der Waals surface area contributed by atoms with E-state index >= 15 is 0 Å². The molecule has 1 amide bonds. The molecule has 132 valence electrons. The van der Waals surface area contributed by atoms with Gasteiger partial charge in [0.15, 0.2) is 0 Å². The molecular formula is C20H19N3O2S. The van der Waals surface area contributed by atoms with Gasteiger partial charge in [0.1, 0.15) is 6.54 Å². The third-order valence-electron chi connectivity index (χ3n) is 3.63. The number of thioether (sulfide) groups is 1. The number of aromatic nitrogens is 2. The molecular weight excluding hydrogens is 346 g/mol. The molecule has 0 atom stereocenters. The van der Waals surface area contributed by atoms with Crippen molar-refractivity contribution in [1.82, 2.24) is 15.0 Å². The molecule has 0 unspecified atom stereocenters. The number of hydrogen-bond donors (Lipinski definition) is 0. The van der Waals surface area contributed by atoms with Crippen LogP contribution in [-0.2, 0) is 11.3 Å². The molecule has 2 aromatic carbocycles. The Balaban J connectivity index is 1.63. The van der Waals surface area contributed by atoms with E-state index < -0.39 is 0 Å². The first-order chi connectivity index (χ1) is 12.8. The molecule has 3 aromatic rings. The van der Waals surface area contributed by atoms with E-state index in [1.807, 2.05) is 60.7 Å². The second-order valence-corrected chi connectivity index (χ2v) is 6.59. The second kappa shape index (κ2) is 9.01. The van der Waals surface area contributed by atoms with Crippen LogP contribution in [0.5, 0.6) is 0 Å². The third kappa shape index (κ3) is 4.83. The van der Waals surface area contributed by atoms with Crippen molar-refractivity contribution < 1.29 is 9.32 Å². The van der Waals surface area contributed by atoms with E-state index in [1.54, 1.807) is 11.0 Å². The number of hydrogen-bond acceptors (Lipinski definition) is 5. The zero-order valence-electron chi connectivity index (χ0n) is 14.2. The molecule has 0 aliphatic rings. The molecule has 6 heteroatoms. The lowest BCUT2D eigenvalue weighted by atomic mass is 10.2. The Hall–Kier alpha value is -2.86. The highest BCUT2D eigenvalue weighted by molar-refractivity contribution is 8.00. The minimum Gasteiger partial charge on any atom is -0.337 e. The minimum atomic E-state index is -0.00165. The smallest absolute Gasteiger partial charge is 0.246 e. The van der Waals surface area contributed by atoms with Crippen molar-refractivity contribution in [2.45, 2.75) is 11.4 Å². The molecule has 0 bridgehead atoms. The second-order valence-electron chi connectivity index (χ2n) is 5.54. The number of amides is 1. The summed E-state index contributed by atoms with van der Waals surface area (Å²) in [6.45, 7) is 4.42. The van der Waals surface area contributed by atoms with Crippen LogP contribution in [0.25, 0.3) is 11.4 Å². The van der Waals surface area contributed by atoms with Gasteiger partial charge in [0.2, 0.25) is 17.6 Å². The molecule has 0 aliphatic carbocycles. The maximum absolute atomic E-state index is 12.6. The molecule has 0 N–H and O–H groups in total. The molecule has 1 heterocycles. The van der Waals surface area contributed by atoms with Crippen LogP contribution in [0.4, 0.5) is 0 Å². The van der Waals surface area contributed by atoms with Gasteiger partial charge in [-0.15, -0.1) is 18.3 Å². The number of carbonyl (C=O) groups excluding carboxylic acids is 1. The number of benzene rings is 2. The lowest BCUT2D eigenvalue weighted by Crippen LogP contribution is -2.32. The summed E-state index contributed by atoms with van der Waals surface area (Å²) in [5.74, 6) is 1.27. The molecule has 0 spiro atoms. The maximum Gasteiger partial charge on any atom is 0.246 e. The van der Waals surface area contributed by atoms with Gasteiger partial charge >= 0.3 is 0 Å². The SMILES string of the molecule is C=CCN(Cc1nc(-c2ccccc2)no1)C(=O)CSc1ccccc1. The summed E-state index contributed by atoms with van der Waals surface area (Å²) in [6.07, 6.45) is 1.69. The molecule has 0 radical (unpaired) electrons. The van der Waals surface area contributed by atoms with Gasteiger partial charge in [-0.25, -0.2) is 0 Å². The minimum absolute atomic E-state index is 0.00165. The molecule has 0 fully saturated rings. The highest BCUT2D eigenvalue weighted by Gasteiger charge is 2.17. The zero-order chi connectivity index (χ0) is 18.2. The third-order valence-corrected chi connectivity index (χ3v) is 4.63. The van der Waals surface area contributed by atoms with Gasteiger partial charge in [-0.3, -0.25) is 4.79 Å². The van der Waals surface area contributed by atoms with E-state index in [0.717, 1.165) is 10.5 Å². The van der Waals surface area contributed by atoms with Gasteiger partial charge in [0, 0.05) is 17.0 Å². The summed E-state index contributed by atoms with van der Waals surface area (Å²) in [7, 11) is 0. The summed E-state index contributed by atoms with van der Waals surface area (Å²) in [5.41, 5.74) is 0.878. The molecule has 26 heavy (non-hydrogen) atoms. The zero-order valence-corrected chi connectivity index (χ0v) is 15.1. The van der Waals surface area contributed by atoms with Crippen LogP contribution in [-0.4, -0.2) is 33.2 Å². The number of rotatable bonds is 8. The number of nitrogens with zero attached hydrogens (tertiary/aromatic N) is 3. The predicted molar refractivity (Wildman–Crippen MR) is 103 cm³/mol. The largest absolute Gasteiger partial charge is 0.337 e. The Morgan fingerprint density at radius 1 is 1.12 bits per heavy atom. The van der Waals surface area contributed by atoms with E-state index in [-0.39, 0.29) is 12.5 Å². The van der Waals surface area contributed by atoms with Gasteiger partial charge in [0.25, 0.3) is 0 Å². The standard InChI is InChI=1S/C20H19N3O2S/c1-2-13-23(19(24)15-26-17-11-7-4-8-12-17)14-18-21-20(22-25-18)16-9-5-3-6-10-16/h2-12H,1,13-15H2. The van der Waals surface area contributed by atoms with Crippen molar-refractivity contribution >= 4 is 17.7 Å². The first-order valence-electron chi connectivity index (χ1n) is 8.21. The van der Waals surface area contributed by atoms with Crippen molar-refractivity contribution in [3.05, 3.63) is 79.2 Å². The molecule has 3 rings (SSSR count). The van der Waals surface area contributed by atoms with E-state index in [2.05, 4.69) is 16.7 Å². The first kappa shape index (κ1) is 17.9. The van der Waals surface area contributed by atoms with Crippen molar-refractivity contribution in [2.75, 3.05) is 12.3 Å². The summed E-state index contributed by atoms with van der Waals surface area (Å²) in [4.78, 5) is 19.7. The average molecular weight is 365 g/mol. The van der Waals surface area contributed by atoms with E-state index in [9.17, 15) is 4.79 Å². The van der Waals surface area contributed by atoms with Gasteiger partial charge in [-0.2, -0.15) is 4.98 Å². The molecule has 0 saturated carbocycles. The fraction of sp³-hybridized carbons (Fsp3) is 0.150. The fourth-order valence-electron chi connectivity index (χ4n) is 2.35. The van der Waals surface area contributed by atoms with Gasteiger partial charge in [0.05, 0.1) is 5.75 Å². The summed E-state index contributed by atoms with van der Waals surface area (Å²) >= 11 is 1.50. The van der Waals surface area contributed by atoms with E-state index in [0.29, 0.717) is 24.0 Å². The number of carbonyl (C=O) groups is 1. The van der Waals surface area contributed by atoms with Gasteiger partial charge in [-0.05, 0) is 12.1 Å². The van der Waals surface area contributed by atoms with Crippen LogP contribution in [0.2, 0.25) is 0 Å². The fourth-order valence-corrected chi connectivity index (χ4v) is 3.17. The van der Waals surface area contributed by atoms with Crippen LogP contribution in [0.1, 0.15) is 5.89 Å². The van der Waals surface area contributed by atoms with E-state index in [1.165, 1.54) is 11.8 Å². The lowest BCUT2D eigenvalue weighted by molar-refractivity contribution is -0.128. The topological polar surface area (TPSA) is 59.2 Å². The van der Waals surface area contributed by atoms with Crippen LogP contribution < -0.4 is 0 Å². The quantitative estimate of drug-likeness (QED) is 0.445. The van der Waals surface area contributed by atoms with Crippen LogP contribution >= 0.6 is 11.8 Å². The Morgan fingerprint density at radius 2 is 1.81 bits per heavy atom. The molecule has 0 aliphatic heterocycles. The van der Waals surface area contributed by atoms with Crippen LogP contribution in [0, 0.1) is 0 Å². The van der Waals surface area contributed by atoms with Crippen LogP contribution in [0.3, 0.4) is 0 Å². The highest BCUT2D eigenvalue weighted by Crippen LogP contribution is 2.19. The maximum atomic E-state index is 12.6. The molecule has 0 saturated heterocycles. The Bertz CT molecular complexity index is 850. The molecule has 5 nitrogen and oxygen atoms in total. The molecule has 1 aromatic heterocycles. The van der Waals surface area contributed by atoms with Gasteiger partial charge in [-0.1, -0.05) is 59.8 Å². The average Bonchev–Trinajstić information content (AvgIpc) is 3.16. The van der Waals surface area contributed by atoms with Crippen molar-refractivity contribution in [3.8, 4) is 11.4 Å². The Labute approximate surface area is 156 Å². The monoisotopic (exact) mass is 365 g/mol. The Morgan fingerprint density at radius 3 is 2.50 bits per heavy atom. The van der Waals surface area contributed by atoms with Crippen molar-refractivity contribution in [2.24, 2.45) is 0 Å². The first-order valence-corrected chi connectivity index (χ1v) is 9.19. The summed E-state index contributed by atoms with van der Waals surface area (Å²) in [6, 6.07) is 19.4. The van der Waals surface area contributed by atoms with Crippen molar-refractivity contribution in [1.29, 1.82) is 0 Å².